The number of ether oxygens (including phenoxy) is 2. The van der Waals surface area contributed by atoms with Gasteiger partial charge in [-0.1, -0.05) is 6.92 Å². The lowest BCUT2D eigenvalue weighted by atomic mass is 9.98. The van der Waals surface area contributed by atoms with Gasteiger partial charge in [-0.3, -0.25) is 0 Å². The number of carbonyl (C=O) groups is 1. The largest absolute Gasteiger partial charge is 0.474 e. The molecule has 11 heteroatoms. The number of halogens is 1. The molecule has 2 aliphatic heterocycles. The third kappa shape index (κ3) is 4.53. The Morgan fingerprint density at radius 2 is 2.06 bits per heavy atom. The van der Waals surface area contributed by atoms with E-state index in [9.17, 15) is 17.6 Å². The van der Waals surface area contributed by atoms with Crippen LogP contribution in [0.2, 0.25) is 0 Å². The first-order chi connectivity index (χ1) is 16.1. The number of methoxy groups -OCH3 is 1. The molecule has 1 aromatic heterocycles. The first kappa shape index (κ1) is 24.2. The maximum atomic E-state index is 15.0. The van der Waals surface area contributed by atoms with Crippen molar-refractivity contribution in [1.29, 1.82) is 0 Å². The van der Waals surface area contributed by atoms with Gasteiger partial charge in [-0.25, -0.2) is 27.6 Å². The van der Waals surface area contributed by atoms with E-state index in [0.29, 0.717) is 37.5 Å². The Morgan fingerprint density at radius 3 is 2.71 bits per heavy atom. The zero-order chi connectivity index (χ0) is 24.6. The predicted molar refractivity (Wildman–Crippen MR) is 124 cm³/mol. The zero-order valence-corrected chi connectivity index (χ0v) is 20.5. The fourth-order valence-corrected chi connectivity index (χ4v) is 5.39. The maximum Gasteiger partial charge on any atom is 0.409 e. The molecule has 3 heterocycles. The molecule has 184 valence electrons. The number of benzene rings is 1. The van der Waals surface area contributed by atoms with E-state index in [1.807, 2.05) is 13.8 Å². The zero-order valence-electron chi connectivity index (χ0n) is 19.7. The summed E-state index contributed by atoms with van der Waals surface area (Å²) in [4.78, 5) is 24.2. The fraction of sp³-hybridized carbons (Fsp3) is 0.522. The van der Waals surface area contributed by atoms with Crippen molar-refractivity contribution in [2.75, 3.05) is 24.8 Å². The van der Waals surface area contributed by atoms with Crippen LogP contribution < -0.4 is 9.64 Å². The molecule has 34 heavy (non-hydrogen) atoms. The molecule has 1 amide bonds. The van der Waals surface area contributed by atoms with Gasteiger partial charge in [-0.2, -0.15) is 0 Å². The Kier molecular flexibility index (Phi) is 6.66. The summed E-state index contributed by atoms with van der Waals surface area (Å²) in [5.41, 5.74) is 1.03. The van der Waals surface area contributed by atoms with Crippen LogP contribution in [0.1, 0.15) is 38.7 Å². The number of fused-ring (bicyclic) bond motifs is 1. The van der Waals surface area contributed by atoms with Crippen LogP contribution in [0.25, 0.3) is 0 Å². The number of likely N-dealkylation sites (tertiary alicyclic amines) is 1. The van der Waals surface area contributed by atoms with Crippen molar-refractivity contribution in [2.45, 2.75) is 62.6 Å². The molecule has 0 spiro atoms. The number of anilines is 2. The van der Waals surface area contributed by atoms with Crippen molar-refractivity contribution in [1.82, 2.24) is 14.9 Å². The van der Waals surface area contributed by atoms with Crippen LogP contribution in [0, 0.1) is 5.82 Å². The molecular weight excluding hydrogens is 463 g/mol. The van der Waals surface area contributed by atoms with Gasteiger partial charge in [-0.15, -0.1) is 0 Å². The second-order valence-electron chi connectivity index (χ2n) is 8.78. The van der Waals surface area contributed by atoms with Gasteiger partial charge in [0, 0.05) is 44.1 Å². The summed E-state index contributed by atoms with van der Waals surface area (Å²) in [7, 11) is -2.14. The fourth-order valence-electron chi connectivity index (χ4n) is 4.76. The molecule has 1 fully saturated rings. The standard InChI is InChI=1S/C23H29FN4O5S/c1-5-15-11-16(8-9-27(15)23(29)32-3)33-22-18-10-14(2)28(21(18)25-13-26-22)20-7-6-17(12-19(20)24)34(4,30)31/h6-7,12-16H,5,8-11H2,1-4H3. The summed E-state index contributed by atoms with van der Waals surface area (Å²) in [6.07, 6.45) is 4.62. The van der Waals surface area contributed by atoms with Gasteiger partial charge >= 0.3 is 6.09 Å². The molecule has 0 saturated carbocycles. The van der Waals surface area contributed by atoms with Gasteiger partial charge in [0.1, 0.15) is 24.1 Å². The number of sulfone groups is 1. The van der Waals surface area contributed by atoms with E-state index in [2.05, 4.69) is 9.97 Å². The van der Waals surface area contributed by atoms with Gasteiger partial charge < -0.3 is 19.3 Å². The van der Waals surface area contributed by atoms with E-state index in [0.717, 1.165) is 24.3 Å². The third-order valence-corrected chi connectivity index (χ3v) is 7.60. The molecule has 0 aliphatic carbocycles. The van der Waals surface area contributed by atoms with Gasteiger partial charge in [0.05, 0.1) is 23.3 Å². The molecule has 2 aromatic rings. The normalized spacial score (nSPS) is 22.4. The Bertz CT molecular complexity index is 1190. The van der Waals surface area contributed by atoms with Crippen LogP contribution in [-0.4, -0.2) is 67.5 Å². The molecule has 1 saturated heterocycles. The Hall–Kier alpha value is -2.95. The number of hydrogen-bond donors (Lipinski definition) is 0. The number of carbonyl (C=O) groups excluding carboxylic acids is 1. The number of hydrogen-bond acceptors (Lipinski definition) is 8. The summed E-state index contributed by atoms with van der Waals surface area (Å²) in [5.74, 6) is 0.367. The van der Waals surface area contributed by atoms with Crippen molar-refractivity contribution in [3.63, 3.8) is 0 Å². The van der Waals surface area contributed by atoms with Crippen molar-refractivity contribution >= 4 is 27.4 Å². The Labute approximate surface area is 198 Å². The number of rotatable bonds is 5. The van der Waals surface area contributed by atoms with Crippen LogP contribution in [-0.2, 0) is 21.0 Å². The molecule has 1 aromatic carbocycles. The first-order valence-corrected chi connectivity index (χ1v) is 13.2. The highest BCUT2D eigenvalue weighted by Crippen LogP contribution is 2.42. The minimum absolute atomic E-state index is 0.0129. The lowest BCUT2D eigenvalue weighted by molar-refractivity contribution is 0.0431. The van der Waals surface area contributed by atoms with Gasteiger partial charge in [0.25, 0.3) is 0 Å². The minimum Gasteiger partial charge on any atom is -0.474 e. The van der Waals surface area contributed by atoms with Gasteiger partial charge in [-0.05, 0) is 31.5 Å². The van der Waals surface area contributed by atoms with E-state index in [-0.39, 0.29) is 34.9 Å². The number of nitrogens with zero attached hydrogens (tertiary/aromatic N) is 4. The average molecular weight is 493 g/mol. The number of amides is 1. The highest BCUT2D eigenvalue weighted by molar-refractivity contribution is 7.90. The second kappa shape index (κ2) is 9.36. The highest BCUT2D eigenvalue weighted by Gasteiger charge is 2.36. The molecule has 0 bridgehead atoms. The lowest BCUT2D eigenvalue weighted by Crippen LogP contribution is -2.48. The van der Waals surface area contributed by atoms with Crippen LogP contribution in [0.15, 0.2) is 29.4 Å². The lowest BCUT2D eigenvalue weighted by Gasteiger charge is -2.38. The molecular formula is C23H29FN4O5S. The van der Waals surface area contributed by atoms with Crippen molar-refractivity contribution in [3.8, 4) is 5.88 Å². The van der Waals surface area contributed by atoms with Gasteiger partial charge in [0.2, 0.25) is 5.88 Å². The molecule has 3 atom stereocenters. The van der Waals surface area contributed by atoms with Crippen LogP contribution in [0.3, 0.4) is 0 Å². The summed E-state index contributed by atoms with van der Waals surface area (Å²) < 4.78 is 49.7. The van der Waals surface area contributed by atoms with E-state index < -0.39 is 15.7 Å². The smallest absolute Gasteiger partial charge is 0.409 e. The quantitative estimate of drug-likeness (QED) is 0.625. The van der Waals surface area contributed by atoms with E-state index in [4.69, 9.17) is 9.47 Å². The summed E-state index contributed by atoms with van der Waals surface area (Å²) in [5, 5.41) is 0. The molecule has 0 N–H and O–H groups in total. The first-order valence-electron chi connectivity index (χ1n) is 11.3. The van der Waals surface area contributed by atoms with Crippen LogP contribution >= 0.6 is 0 Å². The predicted octanol–water partition coefficient (Wildman–Crippen LogP) is 3.49. The Morgan fingerprint density at radius 1 is 1.29 bits per heavy atom. The third-order valence-electron chi connectivity index (χ3n) is 6.48. The molecule has 4 rings (SSSR count). The molecule has 3 unspecified atom stereocenters. The number of piperidine rings is 1. The second-order valence-corrected chi connectivity index (χ2v) is 10.8. The van der Waals surface area contributed by atoms with Crippen molar-refractivity contribution < 1.29 is 27.1 Å². The van der Waals surface area contributed by atoms with Crippen LogP contribution in [0.5, 0.6) is 5.88 Å². The molecule has 0 radical (unpaired) electrons. The molecule has 9 nitrogen and oxygen atoms in total. The minimum atomic E-state index is -3.52. The summed E-state index contributed by atoms with van der Waals surface area (Å²) in [6, 6.07) is 3.79. The SMILES string of the molecule is CCC1CC(Oc2ncnc3c2CC(C)N3c2ccc(S(C)(=O)=O)cc2F)CCN1C(=O)OC. The maximum absolute atomic E-state index is 15.0. The monoisotopic (exact) mass is 492 g/mol. The summed E-state index contributed by atoms with van der Waals surface area (Å²) in [6.45, 7) is 4.50. The van der Waals surface area contributed by atoms with E-state index in [1.165, 1.54) is 25.6 Å². The van der Waals surface area contributed by atoms with Crippen molar-refractivity contribution in [3.05, 3.63) is 35.9 Å². The van der Waals surface area contributed by atoms with Crippen LogP contribution in [0.4, 0.5) is 20.7 Å². The molecule has 2 aliphatic rings. The number of aromatic nitrogens is 2. The van der Waals surface area contributed by atoms with E-state index >= 15 is 0 Å². The van der Waals surface area contributed by atoms with Crippen molar-refractivity contribution in [2.24, 2.45) is 0 Å². The van der Waals surface area contributed by atoms with E-state index in [1.54, 1.807) is 9.80 Å². The average Bonchev–Trinajstić information content (AvgIpc) is 3.14. The van der Waals surface area contributed by atoms with Gasteiger partial charge in [0.15, 0.2) is 9.84 Å². The Balaban J connectivity index is 1.58. The summed E-state index contributed by atoms with van der Waals surface area (Å²) >= 11 is 0. The highest BCUT2D eigenvalue weighted by atomic mass is 32.2. The topological polar surface area (TPSA) is 102 Å².